The minimum Gasteiger partial charge on any atom is -0.481 e. The fraction of sp³-hybridized carbons (Fsp3) is 0.429. The van der Waals surface area contributed by atoms with E-state index in [2.05, 4.69) is 14.7 Å². The predicted octanol–water partition coefficient (Wildman–Crippen LogP) is 3.34. The highest BCUT2D eigenvalue weighted by Crippen LogP contribution is 2.23. The predicted molar refractivity (Wildman–Crippen MR) is 71.5 cm³/mol. The van der Waals surface area contributed by atoms with Gasteiger partial charge in [0.2, 0.25) is 0 Å². The maximum Gasteiger partial charge on any atom is 0.306 e. The molecule has 2 aromatic heterocycles. The number of nitrogens with zero attached hydrogens (tertiary/aromatic N) is 1. The van der Waals surface area contributed by atoms with Crippen molar-refractivity contribution in [3.05, 3.63) is 43.1 Å². The number of H-pyrrole nitrogens is 1. The second-order valence-corrected chi connectivity index (χ2v) is 4.25. The number of hydrogen-bond donors (Lipinski definition) is 2. The topological polar surface area (TPSA) is 79.1 Å². The van der Waals surface area contributed by atoms with Crippen LogP contribution in [0.25, 0.3) is 0 Å². The molecule has 1 saturated carbocycles. The number of nitrogens with one attached hydrogen (secondary N) is 1. The molecule has 1 fully saturated rings. The van der Waals surface area contributed by atoms with Crippen molar-refractivity contribution in [3.63, 3.8) is 0 Å². The van der Waals surface area contributed by atoms with Crippen LogP contribution < -0.4 is 0 Å². The Kier molecular flexibility index (Phi) is 7.85. The van der Waals surface area contributed by atoms with Crippen molar-refractivity contribution in [1.29, 1.82) is 0 Å². The Morgan fingerprint density at radius 2 is 1.84 bits per heavy atom. The Morgan fingerprint density at radius 3 is 2.11 bits per heavy atom. The lowest BCUT2D eigenvalue weighted by atomic mass is 9.90. The molecule has 2 aromatic rings. The molecule has 1 aliphatic carbocycles. The van der Waals surface area contributed by atoms with Crippen molar-refractivity contribution in [3.8, 4) is 0 Å². The molecule has 3 rings (SSSR count). The van der Waals surface area contributed by atoms with Gasteiger partial charge in [0.1, 0.15) is 6.26 Å². The smallest absolute Gasteiger partial charge is 0.306 e. The summed E-state index contributed by atoms with van der Waals surface area (Å²) < 4.78 is 4.33. The molecule has 19 heavy (non-hydrogen) atoms. The standard InChI is InChI=1S/C7H12O2.C4H5N.C3H3NO/c8-7(9)6-4-2-1-3-5-6;2*1-2-4-5-3-1/h6H,1-5H2,(H,8,9);1-5H;1-3H. The fourth-order valence-corrected chi connectivity index (χ4v) is 1.80. The summed E-state index contributed by atoms with van der Waals surface area (Å²) in [5.74, 6) is -0.631. The van der Waals surface area contributed by atoms with Gasteiger partial charge >= 0.3 is 5.97 Å². The van der Waals surface area contributed by atoms with Gasteiger partial charge in [-0.25, -0.2) is 0 Å². The van der Waals surface area contributed by atoms with Gasteiger partial charge in [-0.15, -0.1) is 0 Å². The Bertz CT molecular complexity index is 332. The normalized spacial score (nSPS) is 14.5. The molecule has 0 radical (unpaired) electrons. The summed E-state index contributed by atoms with van der Waals surface area (Å²) in [6, 6.07) is 5.61. The van der Waals surface area contributed by atoms with Crippen molar-refractivity contribution in [2.45, 2.75) is 32.1 Å². The minimum atomic E-state index is -0.602. The third-order valence-electron chi connectivity index (χ3n) is 2.80. The summed E-state index contributed by atoms with van der Waals surface area (Å²) in [5.41, 5.74) is 0. The summed E-state index contributed by atoms with van der Waals surface area (Å²) in [6.07, 6.45) is 12.1. The highest BCUT2D eigenvalue weighted by Gasteiger charge is 2.19. The van der Waals surface area contributed by atoms with Crippen LogP contribution in [-0.4, -0.2) is 21.2 Å². The molecule has 1 aliphatic rings. The highest BCUT2D eigenvalue weighted by atomic mass is 16.5. The number of aliphatic carboxylic acids is 1. The summed E-state index contributed by atoms with van der Waals surface area (Å²) >= 11 is 0. The van der Waals surface area contributed by atoms with Crippen LogP contribution in [0.1, 0.15) is 32.1 Å². The first kappa shape index (κ1) is 15.0. The van der Waals surface area contributed by atoms with Crippen molar-refractivity contribution in [2.75, 3.05) is 0 Å². The Balaban J connectivity index is 0.000000153. The fourth-order valence-electron chi connectivity index (χ4n) is 1.80. The molecule has 0 atom stereocenters. The van der Waals surface area contributed by atoms with Crippen molar-refractivity contribution in [2.24, 2.45) is 5.92 Å². The molecule has 2 heterocycles. The van der Waals surface area contributed by atoms with Crippen LogP contribution >= 0.6 is 0 Å². The lowest BCUT2D eigenvalue weighted by Crippen LogP contribution is -2.16. The minimum absolute atomic E-state index is 0.0289. The van der Waals surface area contributed by atoms with Crippen molar-refractivity contribution >= 4 is 5.97 Å². The number of rotatable bonds is 1. The maximum atomic E-state index is 10.4. The van der Waals surface area contributed by atoms with E-state index in [1.54, 1.807) is 12.3 Å². The van der Waals surface area contributed by atoms with Crippen LogP contribution in [0.15, 0.2) is 47.6 Å². The number of carboxylic acids is 1. The molecule has 0 saturated heterocycles. The molecular weight excluding hydrogens is 244 g/mol. The quantitative estimate of drug-likeness (QED) is 0.827. The van der Waals surface area contributed by atoms with Gasteiger partial charge in [0, 0.05) is 12.4 Å². The van der Waals surface area contributed by atoms with Gasteiger partial charge in [-0.05, 0) is 31.0 Å². The SMILES string of the molecule is O=C(O)C1CCCCC1.c1cc[nH]c1.c1cnoc1. The lowest BCUT2D eigenvalue weighted by molar-refractivity contribution is -0.142. The van der Waals surface area contributed by atoms with Crippen LogP contribution in [0.4, 0.5) is 0 Å². The van der Waals surface area contributed by atoms with Gasteiger partial charge in [0.25, 0.3) is 0 Å². The average Bonchev–Trinajstić information content (AvgIpc) is 3.18. The average molecular weight is 264 g/mol. The first-order valence-electron chi connectivity index (χ1n) is 6.45. The van der Waals surface area contributed by atoms with Crippen molar-refractivity contribution < 1.29 is 14.4 Å². The zero-order chi connectivity index (χ0) is 13.8. The van der Waals surface area contributed by atoms with Crippen LogP contribution in [-0.2, 0) is 4.79 Å². The molecule has 2 N–H and O–H groups in total. The van der Waals surface area contributed by atoms with Crippen LogP contribution in [0.3, 0.4) is 0 Å². The van der Waals surface area contributed by atoms with Crippen LogP contribution in [0.5, 0.6) is 0 Å². The molecule has 0 amide bonds. The van der Waals surface area contributed by atoms with Crippen LogP contribution in [0, 0.1) is 5.92 Å². The number of carbonyl (C=O) groups is 1. The molecular formula is C14H20N2O3. The summed E-state index contributed by atoms with van der Waals surface area (Å²) in [7, 11) is 0. The summed E-state index contributed by atoms with van der Waals surface area (Å²) in [5, 5.41) is 11.9. The zero-order valence-corrected chi connectivity index (χ0v) is 10.9. The van der Waals surface area contributed by atoms with Gasteiger partial charge in [0.15, 0.2) is 0 Å². The first-order chi connectivity index (χ1) is 9.30. The first-order valence-corrected chi connectivity index (χ1v) is 6.45. The number of hydrogen-bond acceptors (Lipinski definition) is 3. The van der Waals surface area contributed by atoms with E-state index in [-0.39, 0.29) is 5.92 Å². The molecule has 0 aliphatic heterocycles. The van der Waals surface area contributed by atoms with Crippen molar-refractivity contribution in [1.82, 2.24) is 10.1 Å². The Labute approximate surface area is 112 Å². The highest BCUT2D eigenvalue weighted by molar-refractivity contribution is 5.69. The molecule has 0 unspecified atom stereocenters. The van der Waals surface area contributed by atoms with Crippen LogP contribution in [0.2, 0.25) is 0 Å². The van der Waals surface area contributed by atoms with E-state index < -0.39 is 5.97 Å². The monoisotopic (exact) mass is 264 g/mol. The zero-order valence-electron chi connectivity index (χ0n) is 10.9. The molecule has 104 valence electrons. The van der Waals surface area contributed by atoms with E-state index >= 15 is 0 Å². The Hall–Kier alpha value is -2.04. The third kappa shape index (κ3) is 7.81. The number of aromatic amines is 1. The molecule has 5 nitrogen and oxygen atoms in total. The number of aromatic nitrogens is 2. The third-order valence-corrected chi connectivity index (χ3v) is 2.80. The number of carboxylic acid groups (broad SMARTS) is 1. The molecule has 0 spiro atoms. The Morgan fingerprint density at radius 1 is 1.16 bits per heavy atom. The second-order valence-electron chi connectivity index (χ2n) is 4.25. The van der Waals surface area contributed by atoms with Gasteiger partial charge in [-0.2, -0.15) is 0 Å². The maximum absolute atomic E-state index is 10.4. The summed E-state index contributed by atoms with van der Waals surface area (Å²) in [4.78, 5) is 13.2. The largest absolute Gasteiger partial charge is 0.481 e. The van der Waals surface area contributed by atoms with E-state index in [9.17, 15) is 4.79 Å². The van der Waals surface area contributed by atoms with E-state index in [0.29, 0.717) is 0 Å². The van der Waals surface area contributed by atoms with Gasteiger partial charge in [-0.3, -0.25) is 4.79 Å². The molecule has 0 aromatic carbocycles. The van der Waals surface area contributed by atoms with Gasteiger partial charge in [0.05, 0.1) is 12.1 Å². The molecule has 5 heteroatoms. The van der Waals surface area contributed by atoms with E-state index in [1.807, 2.05) is 24.5 Å². The van der Waals surface area contributed by atoms with E-state index in [0.717, 1.165) is 25.7 Å². The lowest BCUT2D eigenvalue weighted by Gasteiger charge is -2.16. The van der Waals surface area contributed by atoms with E-state index in [1.165, 1.54) is 12.7 Å². The molecule has 0 bridgehead atoms. The summed E-state index contributed by atoms with van der Waals surface area (Å²) in [6.45, 7) is 0. The van der Waals surface area contributed by atoms with Gasteiger partial charge in [-0.1, -0.05) is 24.4 Å². The van der Waals surface area contributed by atoms with Gasteiger partial charge < -0.3 is 14.6 Å². The van der Waals surface area contributed by atoms with E-state index in [4.69, 9.17) is 5.11 Å². The second kappa shape index (κ2) is 9.94.